The number of hydrogen-bond donors (Lipinski definition) is 2. The number of nitrogens with zero attached hydrogens (tertiary/aromatic N) is 2. The van der Waals surface area contributed by atoms with E-state index in [4.69, 9.17) is 0 Å². The van der Waals surface area contributed by atoms with Gasteiger partial charge in [-0.2, -0.15) is 4.98 Å². The van der Waals surface area contributed by atoms with E-state index in [1.165, 1.54) is 0 Å². The zero-order valence-electron chi connectivity index (χ0n) is 10.8. The molecule has 0 aliphatic heterocycles. The van der Waals surface area contributed by atoms with Crippen LogP contribution in [0.15, 0.2) is 36.9 Å². The molecule has 4 nitrogen and oxygen atoms in total. The van der Waals surface area contributed by atoms with Gasteiger partial charge >= 0.3 is 0 Å². The summed E-state index contributed by atoms with van der Waals surface area (Å²) in [5.74, 6) is 1.49. The van der Waals surface area contributed by atoms with Gasteiger partial charge in [0.25, 0.3) is 0 Å². The molecule has 0 bridgehead atoms. The van der Waals surface area contributed by atoms with Crippen LogP contribution in [-0.4, -0.2) is 22.6 Å². The van der Waals surface area contributed by atoms with Gasteiger partial charge in [-0.1, -0.05) is 18.2 Å². The molecule has 0 aliphatic carbocycles. The van der Waals surface area contributed by atoms with E-state index in [9.17, 15) is 0 Å². The largest absolute Gasteiger partial charge is 0.367 e. The van der Waals surface area contributed by atoms with Gasteiger partial charge in [-0.25, -0.2) is 4.98 Å². The smallest absolute Gasteiger partial charge is 0.225 e. The predicted molar refractivity (Wildman–Crippen MR) is 77.0 cm³/mol. The molecule has 1 aromatic carbocycles. The first kappa shape index (κ1) is 12.4. The summed E-state index contributed by atoms with van der Waals surface area (Å²) < 4.78 is 0. The number of aromatic nitrogens is 2. The van der Waals surface area contributed by atoms with Crippen LogP contribution >= 0.6 is 0 Å². The third-order valence-corrected chi connectivity index (χ3v) is 2.43. The SMILES string of the molecule is C=CCNc1nc(NC(C)C)c2ccccc2n1. The lowest BCUT2D eigenvalue weighted by molar-refractivity contribution is 0.890. The van der Waals surface area contributed by atoms with Gasteiger partial charge in [0, 0.05) is 18.0 Å². The maximum absolute atomic E-state index is 4.50. The number of hydrogen-bond acceptors (Lipinski definition) is 4. The quantitative estimate of drug-likeness (QED) is 0.791. The molecular weight excluding hydrogens is 224 g/mol. The Morgan fingerprint density at radius 2 is 2.06 bits per heavy atom. The topological polar surface area (TPSA) is 49.8 Å². The first-order valence-electron chi connectivity index (χ1n) is 6.09. The minimum atomic E-state index is 0.329. The van der Waals surface area contributed by atoms with E-state index in [-0.39, 0.29) is 0 Å². The molecule has 1 heterocycles. The summed E-state index contributed by atoms with van der Waals surface area (Å²) in [7, 11) is 0. The van der Waals surface area contributed by atoms with Crippen molar-refractivity contribution in [2.75, 3.05) is 17.2 Å². The molecule has 0 aliphatic rings. The molecule has 0 atom stereocenters. The van der Waals surface area contributed by atoms with E-state index in [1.807, 2.05) is 24.3 Å². The van der Waals surface area contributed by atoms with E-state index >= 15 is 0 Å². The molecule has 0 fully saturated rings. The van der Waals surface area contributed by atoms with Gasteiger partial charge in [-0.05, 0) is 26.0 Å². The molecule has 1 aromatic heterocycles. The first-order chi connectivity index (χ1) is 8.70. The van der Waals surface area contributed by atoms with Gasteiger partial charge < -0.3 is 10.6 Å². The molecule has 0 amide bonds. The highest BCUT2D eigenvalue weighted by atomic mass is 15.1. The van der Waals surface area contributed by atoms with Crippen LogP contribution in [0.1, 0.15) is 13.8 Å². The third-order valence-electron chi connectivity index (χ3n) is 2.43. The van der Waals surface area contributed by atoms with Crippen LogP contribution in [-0.2, 0) is 0 Å². The summed E-state index contributed by atoms with van der Waals surface area (Å²) >= 11 is 0. The van der Waals surface area contributed by atoms with Crippen molar-refractivity contribution in [3.8, 4) is 0 Å². The molecule has 0 spiro atoms. The Hall–Kier alpha value is -2.10. The Labute approximate surface area is 107 Å². The zero-order valence-corrected chi connectivity index (χ0v) is 10.8. The average molecular weight is 242 g/mol. The van der Waals surface area contributed by atoms with Gasteiger partial charge in [-0.3, -0.25) is 0 Å². The molecular formula is C14H18N4. The summed E-state index contributed by atoms with van der Waals surface area (Å²) in [6.45, 7) is 8.51. The Balaban J connectivity index is 2.46. The second-order valence-corrected chi connectivity index (χ2v) is 4.38. The summed E-state index contributed by atoms with van der Waals surface area (Å²) in [5.41, 5.74) is 0.933. The second kappa shape index (κ2) is 5.49. The van der Waals surface area contributed by atoms with Crippen molar-refractivity contribution in [2.24, 2.45) is 0 Å². The van der Waals surface area contributed by atoms with Crippen LogP contribution in [0.2, 0.25) is 0 Å². The minimum absolute atomic E-state index is 0.329. The summed E-state index contributed by atoms with van der Waals surface area (Å²) in [4.78, 5) is 8.97. The molecule has 94 valence electrons. The summed E-state index contributed by atoms with van der Waals surface area (Å²) in [6, 6.07) is 8.31. The molecule has 0 saturated heterocycles. The van der Waals surface area contributed by atoms with Crippen LogP contribution < -0.4 is 10.6 Å². The Morgan fingerprint density at radius 1 is 1.28 bits per heavy atom. The number of nitrogens with one attached hydrogen (secondary N) is 2. The standard InChI is InChI=1S/C14H18N4/c1-4-9-15-14-17-12-8-6-5-7-11(12)13(18-14)16-10(2)3/h4-8,10H,1,9H2,2-3H3,(H2,15,16,17,18). The predicted octanol–water partition coefficient (Wildman–Crippen LogP) is 3.05. The van der Waals surface area contributed by atoms with Gasteiger partial charge in [0.15, 0.2) is 0 Å². The van der Waals surface area contributed by atoms with Crippen molar-refractivity contribution in [3.05, 3.63) is 36.9 Å². The molecule has 2 aromatic rings. The van der Waals surface area contributed by atoms with Crippen molar-refractivity contribution in [1.82, 2.24) is 9.97 Å². The molecule has 4 heteroatoms. The number of benzene rings is 1. The van der Waals surface area contributed by atoms with Gasteiger partial charge in [0.2, 0.25) is 5.95 Å². The molecule has 18 heavy (non-hydrogen) atoms. The van der Waals surface area contributed by atoms with Crippen molar-refractivity contribution < 1.29 is 0 Å². The molecule has 0 radical (unpaired) electrons. The minimum Gasteiger partial charge on any atom is -0.367 e. The monoisotopic (exact) mass is 242 g/mol. The van der Waals surface area contributed by atoms with Gasteiger partial charge in [0.1, 0.15) is 5.82 Å². The van der Waals surface area contributed by atoms with Gasteiger partial charge in [-0.15, -0.1) is 6.58 Å². The van der Waals surface area contributed by atoms with E-state index < -0.39 is 0 Å². The maximum Gasteiger partial charge on any atom is 0.225 e. The van der Waals surface area contributed by atoms with Crippen LogP contribution in [0.4, 0.5) is 11.8 Å². The first-order valence-corrected chi connectivity index (χ1v) is 6.09. The van der Waals surface area contributed by atoms with E-state index in [0.29, 0.717) is 18.5 Å². The molecule has 0 saturated carbocycles. The number of anilines is 2. The maximum atomic E-state index is 4.50. The normalized spacial score (nSPS) is 10.6. The van der Waals surface area contributed by atoms with Crippen molar-refractivity contribution in [3.63, 3.8) is 0 Å². The zero-order chi connectivity index (χ0) is 13.0. The Kier molecular flexibility index (Phi) is 3.77. The lowest BCUT2D eigenvalue weighted by Gasteiger charge is -2.13. The molecule has 2 N–H and O–H groups in total. The van der Waals surface area contributed by atoms with Crippen LogP contribution in [0.5, 0.6) is 0 Å². The van der Waals surface area contributed by atoms with Crippen LogP contribution in [0, 0.1) is 0 Å². The van der Waals surface area contributed by atoms with Crippen LogP contribution in [0.25, 0.3) is 10.9 Å². The van der Waals surface area contributed by atoms with E-state index in [1.54, 1.807) is 6.08 Å². The fourth-order valence-electron chi connectivity index (χ4n) is 1.70. The molecule has 0 unspecified atom stereocenters. The number of fused-ring (bicyclic) bond motifs is 1. The Bertz CT molecular complexity index is 548. The lowest BCUT2D eigenvalue weighted by Crippen LogP contribution is -2.13. The van der Waals surface area contributed by atoms with E-state index in [2.05, 4.69) is 41.0 Å². The highest BCUT2D eigenvalue weighted by molar-refractivity contribution is 5.90. The lowest BCUT2D eigenvalue weighted by atomic mass is 10.2. The van der Waals surface area contributed by atoms with Crippen molar-refractivity contribution in [2.45, 2.75) is 19.9 Å². The molecule has 2 rings (SSSR count). The third kappa shape index (κ3) is 2.77. The Morgan fingerprint density at radius 3 is 2.78 bits per heavy atom. The number of rotatable bonds is 5. The average Bonchev–Trinajstić information content (AvgIpc) is 2.35. The highest BCUT2D eigenvalue weighted by Gasteiger charge is 2.07. The number of para-hydroxylation sites is 1. The van der Waals surface area contributed by atoms with Crippen LogP contribution in [0.3, 0.4) is 0 Å². The van der Waals surface area contributed by atoms with Crippen molar-refractivity contribution in [1.29, 1.82) is 0 Å². The van der Waals surface area contributed by atoms with Crippen molar-refractivity contribution >= 4 is 22.7 Å². The van der Waals surface area contributed by atoms with E-state index in [0.717, 1.165) is 16.7 Å². The summed E-state index contributed by atoms with van der Waals surface area (Å²) in [6.07, 6.45) is 1.79. The summed E-state index contributed by atoms with van der Waals surface area (Å²) in [5, 5.41) is 7.50. The highest BCUT2D eigenvalue weighted by Crippen LogP contribution is 2.22. The second-order valence-electron chi connectivity index (χ2n) is 4.38. The fourth-order valence-corrected chi connectivity index (χ4v) is 1.70. The fraction of sp³-hybridized carbons (Fsp3) is 0.286. The van der Waals surface area contributed by atoms with Gasteiger partial charge in [0.05, 0.1) is 5.52 Å².